The highest BCUT2D eigenvalue weighted by Crippen LogP contribution is 2.27. The Kier molecular flexibility index (Phi) is 6.33. The SMILES string of the molecule is COc1ccccc1[C@H](C)CNc1cc(-c2cnc3c(cnn3C)c2)ncn1.S. The van der Waals surface area contributed by atoms with E-state index in [9.17, 15) is 0 Å². The Morgan fingerprint density at radius 3 is 2.76 bits per heavy atom. The summed E-state index contributed by atoms with van der Waals surface area (Å²) in [5.41, 5.74) is 3.77. The minimum Gasteiger partial charge on any atom is -0.496 e. The summed E-state index contributed by atoms with van der Waals surface area (Å²) in [7, 11) is 3.58. The smallest absolute Gasteiger partial charge is 0.157 e. The number of methoxy groups -OCH3 is 1. The van der Waals surface area contributed by atoms with E-state index in [0.29, 0.717) is 0 Å². The lowest BCUT2D eigenvalue weighted by atomic mass is 10.00. The van der Waals surface area contributed by atoms with Gasteiger partial charge < -0.3 is 10.1 Å². The lowest BCUT2D eigenvalue weighted by Gasteiger charge is -2.16. The van der Waals surface area contributed by atoms with E-state index in [0.717, 1.165) is 46.0 Å². The van der Waals surface area contributed by atoms with Gasteiger partial charge in [-0.15, -0.1) is 0 Å². The Balaban J connectivity index is 0.00000240. The van der Waals surface area contributed by atoms with Gasteiger partial charge in [-0.2, -0.15) is 18.6 Å². The number of ether oxygens (including phenoxy) is 1. The lowest BCUT2D eigenvalue weighted by molar-refractivity contribution is 0.407. The topological polar surface area (TPSA) is 77.8 Å². The first-order chi connectivity index (χ1) is 13.7. The average molecular weight is 409 g/mol. The number of nitrogens with zero attached hydrogens (tertiary/aromatic N) is 5. The Hall–Kier alpha value is -3.13. The van der Waals surface area contributed by atoms with E-state index in [1.807, 2.05) is 43.6 Å². The highest BCUT2D eigenvalue weighted by Gasteiger charge is 2.12. The third kappa shape index (κ3) is 4.32. The van der Waals surface area contributed by atoms with Crippen molar-refractivity contribution in [2.24, 2.45) is 7.05 Å². The van der Waals surface area contributed by atoms with Crippen LogP contribution in [0, 0.1) is 0 Å². The molecule has 0 saturated heterocycles. The number of pyridine rings is 1. The molecule has 0 amide bonds. The molecule has 0 bridgehead atoms. The minimum atomic E-state index is 0. The third-order valence-electron chi connectivity index (χ3n) is 4.79. The molecular formula is C21H24N6OS. The van der Waals surface area contributed by atoms with Gasteiger partial charge in [-0.05, 0) is 17.7 Å². The number of para-hydroxylation sites is 1. The van der Waals surface area contributed by atoms with Gasteiger partial charge in [0.1, 0.15) is 17.9 Å². The second-order valence-electron chi connectivity index (χ2n) is 6.72. The Labute approximate surface area is 176 Å². The van der Waals surface area contributed by atoms with Crippen molar-refractivity contribution in [3.63, 3.8) is 0 Å². The van der Waals surface area contributed by atoms with Crippen molar-refractivity contribution in [1.82, 2.24) is 24.7 Å². The van der Waals surface area contributed by atoms with Gasteiger partial charge >= 0.3 is 0 Å². The van der Waals surface area contributed by atoms with E-state index in [2.05, 4.69) is 38.4 Å². The molecule has 0 aliphatic rings. The quantitative estimate of drug-likeness (QED) is 0.523. The molecule has 3 heterocycles. The molecular weight excluding hydrogens is 384 g/mol. The molecule has 0 saturated carbocycles. The van der Waals surface area contributed by atoms with Gasteiger partial charge in [0, 0.05) is 42.7 Å². The predicted molar refractivity (Wildman–Crippen MR) is 120 cm³/mol. The summed E-state index contributed by atoms with van der Waals surface area (Å²) in [5, 5.41) is 8.62. The van der Waals surface area contributed by atoms with Gasteiger partial charge in [-0.25, -0.2) is 15.0 Å². The molecule has 0 fully saturated rings. The van der Waals surface area contributed by atoms with Crippen LogP contribution in [-0.4, -0.2) is 38.4 Å². The van der Waals surface area contributed by atoms with Crippen LogP contribution in [0.25, 0.3) is 22.3 Å². The highest BCUT2D eigenvalue weighted by molar-refractivity contribution is 7.59. The third-order valence-corrected chi connectivity index (χ3v) is 4.79. The fourth-order valence-electron chi connectivity index (χ4n) is 3.24. The molecule has 150 valence electrons. The molecule has 29 heavy (non-hydrogen) atoms. The van der Waals surface area contributed by atoms with Crippen LogP contribution in [0.2, 0.25) is 0 Å². The van der Waals surface area contributed by atoms with Gasteiger partial charge in [0.25, 0.3) is 0 Å². The number of hydrogen-bond acceptors (Lipinski definition) is 6. The van der Waals surface area contributed by atoms with Crippen LogP contribution in [0.4, 0.5) is 5.82 Å². The first-order valence-corrected chi connectivity index (χ1v) is 9.12. The number of aryl methyl sites for hydroxylation is 1. The summed E-state index contributed by atoms with van der Waals surface area (Å²) in [5.74, 6) is 1.94. The highest BCUT2D eigenvalue weighted by atomic mass is 32.1. The van der Waals surface area contributed by atoms with Crippen LogP contribution in [0.15, 0.2) is 55.1 Å². The number of nitrogens with one attached hydrogen (secondary N) is 1. The van der Waals surface area contributed by atoms with Gasteiger partial charge in [0.05, 0.1) is 19.0 Å². The lowest BCUT2D eigenvalue weighted by Crippen LogP contribution is -2.12. The van der Waals surface area contributed by atoms with Crippen molar-refractivity contribution in [1.29, 1.82) is 0 Å². The maximum atomic E-state index is 5.47. The van der Waals surface area contributed by atoms with Crippen LogP contribution in [0.1, 0.15) is 18.4 Å². The molecule has 0 aliphatic carbocycles. The first-order valence-electron chi connectivity index (χ1n) is 9.12. The maximum Gasteiger partial charge on any atom is 0.157 e. The molecule has 0 radical (unpaired) electrons. The largest absolute Gasteiger partial charge is 0.496 e. The van der Waals surface area contributed by atoms with E-state index in [1.165, 1.54) is 0 Å². The molecule has 4 rings (SSSR count). The minimum absolute atomic E-state index is 0. The van der Waals surface area contributed by atoms with Crippen molar-refractivity contribution >= 4 is 30.3 Å². The van der Waals surface area contributed by atoms with Crippen molar-refractivity contribution in [2.45, 2.75) is 12.8 Å². The Morgan fingerprint density at radius 2 is 1.93 bits per heavy atom. The van der Waals surface area contributed by atoms with Crippen molar-refractivity contribution in [3.8, 4) is 17.0 Å². The fourth-order valence-corrected chi connectivity index (χ4v) is 3.24. The number of anilines is 1. The standard InChI is InChI=1S/C21H22N6O.H2S/c1-14(17-6-4-5-7-19(17)28-3)10-22-20-9-18(24-13-25-20)15-8-16-12-26-27(2)21(16)23-11-15;/h4-9,11-14H,10H2,1-3H3,(H,22,24,25);1H2/t14-;/m1./s1. The van der Waals surface area contributed by atoms with Crippen LogP contribution < -0.4 is 10.1 Å². The second kappa shape index (κ2) is 8.91. The molecule has 4 aromatic rings. The van der Waals surface area contributed by atoms with E-state index >= 15 is 0 Å². The van der Waals surface area contributed by atoms with Crippen molar-refractivity contribution in [3.05, 3.63) is 60.7 Å². The summed E-state index contributed by atoms with van der Waals surface area (Å²) >= 11 is 0. The van der Waals surface area contributed by atoms with Gasteiger partial charge in [-0.3, -0.25) is 4.68 Å². The number of hydrogen-bond donors (Lipinski definition) is 1. The zero-order valence-electron chi connectivity index (χ0n) is 16.6. The molecule has 3 aromatic heterocycles. The van der Waals surface area contributed by atoms with E-state index in [4.69, 9.17) is 4.74 Å². The predicted octanol–water partition coefficient (Wildman–Crippen LogP) is 3.76. The van der Waals surface area contributed by atoms with E-state index in [-0.39, 0.29) is 19.4 Å². The molecule has 1 atom stereocenters. The Bertz CT molecular complexity index is 1110. The summed E-state index contributed by atoms with van der Waals surface area (Å²) in [4.78, 5) is 13.2. The molecule has 1 N–H and O–H groups in total. The average Bonchev–Trinajstić information content (AvgIpc) is 3.12. The van der Waals surface area contributed by atoms with Crippen molar-refractivity contribution < 1.29 is 4.74 Å². The van der Waals surface area contributed by atoms with Crippen LogP contribution in [-0.2, 0) is 7.05 Å². The van der Waals surface area contributed by atoms with Gasteiger partial charge in [-0.1, -0.05) is 25.1 Å². The van der Waals surface area contributed by atoms with Crippen LogP contribution >= 0.6 is 13.5 Å². The van der Waals surface area contributed by atoms with Gasteiger partial charge in [0.2, 0.25) is 0 Å². The fraction of sp³-hybridized carbons (Fsp3) is 0.238. The molecule has 0 aliphatic heterocycles. The number of fused-ring (bicyclic) bond motifs is 1. The Morgan fingerprint density at radius 1 is 1.10 bits per heavy atom. The van der Waals surface area contributed by atoms with E-state index in [1.54, 1.807) is 24.3 Å². The summed E-state index contributed by atoms with van der Waals surface area (Å²) < 4.78 is 7.22. The second-order valence-corrected chi connectivity index (χ2v) is 6.72. The first kappa shape index (κ1) is 20.6. The zero-order valence-corrected chi connectivity index (χ0v) is 17.6. The van der Waals surface area contributed by atoms with Gasteiger partial charge in [0.15, 0.2) is 5.65 Å². The number of rotatable bonds is 6. The summed E-state index contributed by atoms with van der Waals surface area (Å²) in [6.45, 7) is 2.89. The summed E-state index contributed by atoms with van der Waals surface area (Å²) in [6.07, 6.45) is 5.19. The summed E-state index contributed by atoms with van der Waals surface area (Å²) in [6, 6.07) is 12.1. The van der Waals surface area contributed by atoms with Crippen LogP contribution in [0.5, 0.6) is 5.75 Å². The molecule has 0 unspecified atom stereocenters. The monoisotopic (exact) mass is 408 g/mol. The molecule has 1 aromatic carbocycles. The molecule has 0 spiro atoms. The van der Waals surface area contributed by atoms with E-state index < -0.39 is 0 Å². The van der Waals surface area contributed by atoms with Crippen molar-refractivity contribution in [2.75, 3.05) is 19.0 Å². The maximum absolute atomic E-state index is 5.47. The molecule has 8 heteroatoms. The number of benzene rings is 1. The number of aromatic nitrogens is 5. The zero-order chi connectivity index (χ0) is 19.5. The molecule has 7 nitrogen and oxygen atoms in total. The normalized spacial score (nSPS) is 11.7. The van der Waals surface area contributed by atoms with Crippen LogP contribution in [0.3, 0.4) is 0 Å².